The fraction of sp³-hybridized carbons (Fsp3) is 0.190. The van der Waals surface area contributed by atoms with E-state index in [0.717, 1.165) is 22.3 Å². The van der Waals surface area contributed by atoms with Crippen LogP contribution in [0.15, 0.2) is 73.1 Å². The maximum Gasteiger partial charge on any atom is 0.235 e. The molecule has 5 heteroatoms. The molecular weight excluding hydrogens is 344 g/mol. The predicted octanol–water partition coefficient (Wildman–Crippen LogP) is 4.41. The third-order valence-corrected chi connectivity index (χ3v) is 6.08. The Hall–Kier alpha value is -2.66. The van der Waals surface area contributed by atoms with Crippen molar-refractivity contribution in [1.29, 1.82) is 0 Å². The van der Waals surface area contributed by atoms with Crippen molar-refractivity contribution in [2.24, 2.45) is 0 Å². The zero-order chi connectivity index (χ0) is 18.6. The topological polar surface area (TPSA) is 50.3 Å². The smallest absolute Gasteiger partial charge is 0.235 e. The van der Waals surface area contributed by atoms with Gasteiger partial charge in [0, 0.05) is 12.4 Å². The van der Waals surface area contributed by atoms with E-state index in [1.165, 1.54) is 4.31 Å². The predicted molar refractivity (Wildman–Crippen MR) is 106 cm³/mol. The molecule has 134 valence electrons. The van der Waals surface area contributed by atoms with Gasteiger partial charge in [0.25, 0.3) is 0 Å². The van der Waals surface area contributed by atoms with E-state index in [9.17, 15) is 8.42 Å². The van der Waals surface area contributed by atoms with Crippen LogP contribution in [0, 0.1) is 6.92 Å². The molecule has 0 saturated carbocycles. The summed E-state index contributed by atoms with van der Waals surface area (Å²) >= 11 is 0. The van der Waals surface area contributed by atoms with Crippen molar-refractivity contribution in [1.82, 2.24) is 4.98 Å². The highest BCUT2D eigenvalue weighted by Crippen LogP contribution is 2.29. The molecule has 0 aliphatic rings. The molecule has 4 nitrogen and oxygen atoms in total. The molecule has 1 heterocycles. The van der Waals surface area contributed by atoms with E-state index in [2.05, 4.69) is 18.0 Å². The van der Waals surface area contributed by atoms with E-state index in [4.69, 9.17) is 0 Å². The molecule has 0 amide bonds. The summed E-state index contributed by atoms with van der Waals surface area (Å²) in [5, 5.41) is 0. The largest absolute Gasteiger partial charge is 0.266 e. The molecule has 0 fully saturated rings. The number of nitrogens with zero attached hydrogens (tertiary/aromatic N) is 2. The molecule has 3 aromatic rings. The quantitative estimate of drug-likeness (QED) is 0.649. The number of benzene rings is 2. The van der Waals surface area contributed by atoms with Crippen molar-refractivity contribution in [2.45, 2.75) is 20.4 Å². The van der Waals surface area contributed by atoms with Gasteiger partial charge in [-0.3, -0.25) is 9.29 Å². The van der Waals surface area contributed by atoms with Crippen LogP contribution < -0.4 is 4.31 Å². The summed E-state index contributed by atoms with van der Waals surface area (Å²) in [7, 11) is -3.42. The van der Waals surface area contributed by atoms with E-state index in [1.807, 2.05) is 54.6 Å². The maximum absolute atomic E-state index is 12.7. The molecule has 0 N–H and O–H groups in total. The van der Waals surface area contributed by atoms with Crippen molar-refractivity contribution in [2.75, 3.05) is 10.1 Å². The van der Waals surface area contributed by atoms with Crippen molar-refractivity contribution in [3.05, 3.63) is 84.2 Å². The summed E-state index contributed by atoms with van der Waals surface area (Å²) in [6.07, 6.45) is 3.38. The van der Waals surface area contributed by atoms with E-state index in [0.29, 0.717) is 5.69 Å². The standard InChI is InChI=1S/C21H22N2O2S/c1-3-26(24,25)23(16-18-9-7-13-22-15-18)20-11-6-10-19(14-20)21-12-5-4-8-17(21)2/h4-15H,3,16H2,1-2H3. The Morgan fingerprint density at radius 3 is 2.50 bits per heavy atom. The van der Waals surface area contributed by atoms with Crippen LogP contribution in [0.4, 0.5) is 5.69 Å². The summed E-state index contributed by atoms with van der Waals surface area (Å²) in [4.78, 5) is 4.09. The van der Waals surface area contributed by atoms with Gasteiger partial charge in [-0.05, 0) is 54.3 Å². The average Bonchev–Trinajstić information content (AvgIpc) is 2.67. The van der Waals surface area contributed by atoms with Crippen molar-refractivity contribution >= 4 is 15.7 Å². The third kappa shape index (κ3) is 3.94. The summed E-state index contributed by atoms with van der Waals surface area (Å²) in [5.74, 6) is 0.0435. The molecular formula is C21H22N2O2S. The highest BCUT2D eigenvalue weighted by atomic mass is 32.2. The van der Waals surface area contributed by atoms with E-state index in [1.54, 1.807) is 19.3 Å². The lowest BCUT2D eigenvalue weighted by Gasteiger charge is -2.24. The Balaban J connectivity index is 2.05. The minimum absolute atomic E-state index is 0.0435. The van der Waals surface area contributed by atoms with Crippen molar-refractivity contribution in [3.63, 3.8) is 0 Å². The van der Waals surface area contributed by atoms with Gasteiger partial charge >= 0.3 is 0 Å². The van der Waals surface area contributed by atoms with Gasteiger partial charge in [-0.15, -0.1) is 0 Å². The highest BCUT2D eigenvalue weighted by molar-refractivity contribution is 7.92. The number of pyridine rings is 1. The molecule has 0 aliphatic carbocycles. The summed E-state index contributed by atoms with van der Waals surface area (Å²) in [6, 6.07) is 19.5. The van der Waals surface area contributed by atoms with Crippen LogP contribution in [0.25, 0.3) is 11.1 Å². The molecule has 0 atom stereocenters. The number of hydrogen-bond acceptors (Lipinski definition) is 3. The summed E-state index contributed by atoms with van der Waals surface area (Å²) in [6.45, 7) is 3.98. The van der Waals surface area contributed by atoms with Crippen LogP contribution in [0.1, 0.15) is 18.1 Å². The fourth-order valence-corrected chi connectivity index (χ4v) is 3.98. The molecule has 0 unspecified atom stereocenters. The van der Waals surface area contributed by atoms with Crippen LogP contribution in [0.3, 0.4) is 0 Å². The summed E-state index contributed by atoms with van der Waals surface area (Å²) in [5.41, 5.74) is 4.77. The fourth-order valence-electron chi connectivity index (χ4n) is 2.89. The SMILES string of the molecule is CCS(=O)(=O)N(Cc1cccnc1)c1cccc(-c2ccccc2C)c1. The first kappa shape index (κ1) is 18.1. The first-order valence-corrected chi connectivity index (χ1v) is 10.2. The Bertz CT molecular complexity index is 986. The van der Waals surface area contributed by atoms with Crippen molar-refractivity contribution in [3.8, 4) is 11.1 Å². The molecule has 1 aromatic heterocycles. The lowest BCUT2D eigenvalue weighted by molar-refractivity contribution is 0.591. The van der Waals surface area contributed by atoms with Crippen molar-refractivity contribution < 1.29 is 8.42 Å². The van der Waals surface area contributed by atoms with Crippen LogP contribution >= 0.6 is 0 Å². The van der Waals surface area contributed by atoms with Crippen LogP contribution in [-0.2, 0) is 16.6 Å². The van der Waals surface area contributed by atoms with Crippen LogP contribution in [-0.4, -0.2) is 19.2 Å². The van der Waals surface area contributed by atoms with Gasteiger partial charge < -0.3 is 0 Å². The molecule has 0 bridgehead atoms. The number of rotatable bonds is 6. The van der Waals surface area contributed by atoms with E-state index in [-0.39, 0.29) is 12.3 Å². The van der Waals surface area contributed by atoms with Gasteiger partial charge in [0.05, 0.1) is 18.0 Å². The minimum Gasteiger partial charge on any atom is -0.266 e. The zero-order valence-corrected chi connectivity index (χ0v) is 15.8. The Morgan fingerprint density at radius 2 is 1.81 bits per heavy atom. The van der Waals surface area contributed by atoms with Crippen LogP contribution in [0.2, 0.25) is 0 Å². The van der Waals surface area contributed by atoms with E-state index >= 15 is 0 Å². The van der Waals surface area contributed by atoms with Gasteiger partial charge in [0.15, 0.2) is 0 Å². The lowest BCUT2D eigenvalue weighted by Crippen LogP contribution is -2.31. The number of aromatic nitrogens is 1. The maximum atomic E-state index is 12.7. The molecule has 2 aromatic carbocycles. The highest BCUT2D eigenvalue weighted by Gasteiger charge is 2.21. The lowest BCUT2D eigenvalue weighted by atomic mass is 10.0. The monoisotopic (exact) mass is 366 g/mol. The second kappa shape index (κ2) is 7.70. The molecule has 0 spiro atoms. The first-order valence-electron chi connectivity index (χ1n) is 8.56. The Kier molecular flexibility index (Phi) is 5.38. The van der Waals surface area contributed by atoms with Gasteiger partial charge in [-0.2, -0.15) is 0 Å². The molecule has 0 aliphatic heterocycles. The molecule has 0 radical (unpaired) electrons. The average molecular weight is 366 g/mol. The number of aryl methyl sites for hydroxylation is 1. The Labute approximate surface area is 155 Å². The van der Waals surface area contributed by atoms with Gasteiger partial charge in [-0.1, -0.05) is 42.5 Å². The minimum atomic E-state index is -3.42. The normalized spacial score (nSPS) is 11.3. The number of hydrogen-bond donors (Lipinski definition) is 0. The number of anilines is 1. The van der Waals surface area contributed by atoms with Gasteiger partial charge in [0.1, 0.15) is 0 Å². The van der Waals surface area contributed by atoms with E-state index < -0.39 is 10.0 Å². The van der Waals surface area contributed by atoms with Gasteiger partial charge in [0.2, 0.25) is 10.0 Å². The second-order valence-electron chi connectivity index (χ2n) is 6.13. The zero-order valence-electron chi connectivity index (χ0n) is 15.0. The first-order chi connectivity index (χ1) is 12.5. The summed E-state index contributed by atoms with van der Waals surface area (Å²) < 4.78 is 26.9. The number of sulfonamides is 1. The second-order valence-corrected chi connectivity index (χ2v) is 8.32. The van der Waals surface area contributed by atoms with Gasteiger partial charge in [-0.25, -0.2) is 8.42 Å². The molecule has 3 rings (SSSR count). The molecule has 26 heavy (non-hydrogen) atoms. The third-order valence-electron chi connectivity index (χ3n) is 4.34. The van der Waals surface area contributed by atoms with Crippen LogP contribution in [0.5, 0.6) is 0 Å². The molecule has 0 saturated heterocycles. The Morgan fingerprint density at radius 1 is 1.00 bits per heavy atom.